The van der Waals surface area contributed by atoms with Crippen LogP contribution in [0.25, 0.3) is 0 Å². The van der Waals surface area contributed by atoms with E-state index in [1.54, 1.807) is 25.1 Å². The van der Waals surface area contributed by atoms with Gasteiger partial charge in [-0.3, -0.25) is 9.52 Å². The molecule has 2 aromatic carbocycles. The predicted octanol–water partition coefficient (Wildman–Crippen LogP) is 4.15. The molecule has 0 unspecified atom stereocenters. The Balaban J connectivity index is 1.71. The van der Waals surface area contributed by atoms with Crippen molar-refractivity contribution in [2.45, 2.75) is 24.7 Å². The number of amides is 1. The van der Waals surface area contributed by atoms with Crippen molar-refractivity contribution in [3.05, 3.63) is 70.8 Å². The van der Waals surface area contributed by atoms with Gasteiger partial charge in [0.15, 0.2) is 0 Å². The minimum absolute atomic E-state index is 0.0980. The lowest BCUT2D eigenvalue weighted by Gasteiger charge is -2.13. The lowest BCUT2D eigenvalue weighted by molar-refractivity contribution is -0.116. The van der Waals surface area contributed by atoms with Crippen LogP contribution in [0.3, 0.4) is 0 Å². The van der Waals surface area contributed by atoms with Gasteiger partial charge in [-0.25, -0.2) is 12.8 Å². The molecule has 3 aromatic rings. The molecule has 29 heavy (non-hydrogen) atoms. The van der Waals surface area contributed by atoms with Crippen LogP contribution < -0.4 is 10.0 Å². The van der Waals surface area contributed by atoms with Gasteiger partial charge < -0.3 is 9.84 Å². The Morgan fingerprint density at radius 1 is 1.14 bits per heavy atom. The monoisotopic (exact) mass is 437 g/mol. The number of hydrogen-bond donors (Lipinski definition) is 2. The van der Waals surface area contributed by atoms with Crippen molar-refractivity contribution in [1.82, 2.24) is 5.16 Å². The topological polar surface area (TPSA) is 101 Å². The molecule has 0 aliphatic carbocycles. The predicted molar refractivity (Wildman–Crippen MR) is 107 cm³/mol. The van der Waals surface area contributed by atoms with Crippen molar-refractivity contribution in [2.75, 3.05) is 10.0 Å². The Bertz CT molecular complexity index is 1110. The van der Waals surface area contributed by atoms with Crippen molar-refractivity contribution in [3.8, 4) is 0 Å². The Morgan fingerprint density at radius 2 is 1.79 bits per heavy atom. The zero-order valence-corrected chi connectivity index (χ0v) is 16.8. The van der Waals surface area contributed by atoms with Crippen LogP contribution in [-0.4, -0.2) is 19.5 Å². The van der Waals surface area contributed by atoms with E-state index in [0.29, 0.717) is 17.7 Å². The summed E-state index contributed by atoms with van der Waals surface area (Å²) in [7, 11) is -3.95. The Hall–Kier alpha value is -2.91. The number of halogens is 2. The first-order valence-corrected chi connectivity index (χ1v) is 10.4. The van der Waals surface area contributed by atoms with Crippen LogP contribution in [0, 0.1) is 12.7 Å². The summed E-state index contributed by atoms with van der Waals surface area (Å²) in [5.41, 5.74) is 1.73. The number of nitrogens with one attached hydrogen (secondary N) is 2. The standard InChI is InChI=1S/C19H17ClFN3O4S/c1-12-15(19(20)28-23-12)10-11-18(25)22-16-4-2-3-5-17(16)24-29(26,27)14-8-6-13(21)7-9-14/h2-9,24H,10-11H2,1H3,(H,22,25). The summed E-state index contributed by atoms with van der Waals surface area (Å²) in [6.45, 7) is 1.72. The average Bonchev–Trinajstić information content (AvgIpc) is 2.99. The molecule has 7 nitrogen and oxygen atoms in total. The first kappa shape index (κ1) is 20.8. The summed E-state index contributed by atoms with van der Waals surface area (Å²) in [5.74, 6) is -0.880. The number of anilines is 2. The van der Waals surface area contributed by atoms with Gasteiger partial charge in [-0.05, 0) is 61.3 Å². The zero-order chi connectivity index (χ0) is 21.0. The van der Waals surface area contributed by atoms with Gasteiger partial charge in [0.2, 0.25) is 11.1 Å². The van der Waals surface area contributed by atoms with Gasteiger partial charge in [0.1, 0.15) is 5.82 Å². The summed E-state index contributed by atoms with van der Waals surface area (Å²) in [6.07, 6.45) is 0.421. The molecule has 1 amide bonds. The van der Waals surface area contributed by atoms with E-state index in [9.17, 15) is 17.6 Å². The Kier molecular flexibility index (Phi) is 6.19. The molecule has 0 fully saturated rings. The smallest absolute Gasteiger partial charge is 0.261 e. The fourth-order valence-electron chi connectivity index (χ4n) is 2.59. The average molecular weight is 438 g/mol. The molecular formula is C19H17ClFN3O4S. The van der Waals surface area contributed by atoms with Gasteiger partial charge in [0.05, 0.1) is 22.0 Å². The van der Waals surface area contributed by atoms with Crippen molar-refractivity contribution < 1.29 is 22.1 Å². The van der Waals surface area contributed by atoms with Crippen LogP contribution in [0.4, 0.5) is 15.8 Å². The second-order valence-electron chi connectivity index (χ2n) is 6.17. The highest BCUT2D eigenvalue weighted by Crippen LogP contribution is 2.25. The molecule has 0 aliphatic heterocycles. The highest BCUT2D eigenvalue weighted by Gasteiger charge is 2.17. The van der Waals surface area contributed by atoms with Crippen LogP contribution in [0.5, 0.6) is 0 Å². The number of carbonyl (C=O) groups is 1. The normalized spacial score (nSPS) is 11.3. The molecule has 0 saturated carbocycles. The van der Waals surface area contributed by atoms with Crippen LogP contribution in [0.2, 0.25) is 5.22 Å². The molecule has 0 aliphatic rings. The first-order chi connectivity index (χ1) is 13.8. The van der Waals surface area contributed by atoms with E-state index in [-0.39, 0.29) is 33.8 Å². The number of hydrogen-bond acceptors (Lipinski definition) is 5. The maximum absolute atomic E-state index is 13.1. The highest BCUT2D eigenvalue weighted by atomic mass is 35.5. The van der Waals surface area contributed by atoms with Crippen LogP contribution in [-0.2, 0) is 21.2 Å². The number of rotatable bonds is 7. The van der Waals surface area contributed by atoms with Gasteiger partial charge in [0, 0.05) is 12.0 Å². The third kappa shape index (κ3) is 5.12. The second-order valence-corrected chi connectivity index (χ2v) is 8.20. The highest BCUT2D eigenvalue weighted by molar-refractivity contribution is 7.92. The molecule has 1 heterocycles. The molecule has 0 bridgehead atoms. The Morgan fingerprint density at radius 3 is 2.41 bits per heavy atom. The maximum Gasteiger partial charge on any atom is 0.261 e. The van der Waals surface area contributed by atoms with Gasteiger partial charge in [-0.1, -0.05) is 17.3 Å². The van der Waals surface area contributed by atoms with Crippen molar-refractivity contribution in [1.29, 1.82) is 0 Å². The van der Waals surface area contributed by atoms with Gasteiger partial charge in [-0.2, -0.15) is 0 Å². The van der Waals surface area contributed by atoms with Crippen molar-refractivity contribution >= 4 is 38.9 Å². The molecule has 10 heteroatoms. The zero-order valence-electron chi connectivity index (χ0n) is 15.3. The summed E-state index contributed by atoms with van der Waals surface area (Å²) < 4.78 is 45.4. The fraction of sp³-hybridized carbons (Fsp3) is 0.158. The minimum atomic E-state index is -3.95. The van der Waals surface area contributed by atoms with E-state index in [4.69, 9.17) is 16.1 Å². The number of para-hydroxylation sites is 2. The van der Waals surface area contributed by atoms with Crippen LogP contribution in [0.1, 0.15) is 17.7 Å². The van der Waals surface area contributed by atoms with Crippen molar-refractivity contribution in [2.24, 2.45) is 0 Å². The SMILES string of the molecule is Cc1noc(Cl)c1CCC(=O)Nc1ccccc1NS(=O)(=O)c1ccc(F)cc1. The molecular weight excluding hydrogens is 421 g/mol. The molecule has 0 spiro atoms. The van der Waals surface area contributed by atoms with E-state index < -0.39 is 15.8 Å². The van der Waals surface area contributed by atoms with E-state index in [1.807, 2.05) is 0 Å². The second kappa shape index (κ2) is 8.62. The number of nitrogens with zero attached hydrogens (tertiary/aromatic N) is 1. The Labute approximate surface area is 171 Å². The molecule has 0 saturated heterocycles. The summed E-state index contributed by atoms with van der Waals surface area (Å²) >= 11 is 5.89. The molecule has 152 valence electrons. The van der Waals surface area contributed by atoms with Crippen molar-refractivity contribution in [3.63, 3.8) is 0 Å². The lowest BCUT2D eigenvalue weighted by Crippen LogP contribution is -2.17. The number of benzene rings is 2. The van der Waals surface area contributed by atoms with Crippen LogP contribution >= 0.6 is 11.6 Å². The summed E-state index contributed by atoms with van der Waals surface area (Å²) in [4.78, 5) is 12.2. The van der Waals surface area contributed by atoms with E-state index in [0.717, 1.165) is 24.3 Å². The van der Waals surface area contributed by atoms with Gasteiger partial charge >= 0.3 is 0 Å². The molecule has 2 N–H and O–H groups in total. The van der Waals surface area contributed by atoms with Gasteiger partial charge in [0.25, 0.3) is 10.0 Å². The van der Waals surface area contributed by atoms with E-state index in [1.165, 1.54) is 6.07 Å². The maximum atomic E-state index is 13.1. The summed E-state index contributed by atoms with van der Waals surface area (Å²) in [5, 5.41) is 6.54. The number of carbonyl (C=O) groups excluding carboxylic acids is 1. The van der Waals surface area contributed by atoms with Gasteiger partial charge in [-0.15, -0.1) is 0 Å². The lowest BCUT2D eigenvalue weighted by atomic mass is 10.1. The number of aromatic nitrogens is 1. The summed E-state index contributed by atoms with van der Waals surface area (Å²) in [6, 6.07) is 10.8. The molecule has 1 aromatic heterocycles. The largest absolute Gasteiger partial charge is 0.344 e. The fourth-order valence-corrected chi connectivity index (χ4v) is 3.94. The third-order valence-electron chi connectivity index (χ3n) is 4.11. The number of sulfonamides is 1. The van der Waals surface area contributed by atoms with E-state index >= 15 is 0 Å². The van der Waals surface area contributed by atoms with Crippen LogP contribution in [0.15, 0.2) is 57.9 Å². The number of aryl methyl sites for hydroxylation is 1. The quantitative estimate of drug-likeness (QED) is 0.578. The molecule has 0 radical (unpaired) electrons. The molecule has 0 atom stereocenters. The third-order valence-corrected chi connectivity index (χ3v) is 5.79. The molecule has 3 rings (SSSR count). The van der Waals surface area contributed by atoms with E-state index in [2.05, 4.69) is 15.2 Å². The minimum Gasteiger partial charge on any atom is -0.344 e. The first-order valence-electron chi connectivity index (χ1n) is 8.54.